The number of halogens is 2. The van der Waals surface area contributed by atoms with E-state index in [1.807, 2.05) is 25.1 Å². The van der Waals surface area contributed by atoms with Crippen LogP contribution in [0.4, 0.5) is 0 Å². The van der Waals surface area contributed by atoms with Crippen molar-refractivity contribution in [2.24, 2.45) is 5.41 Å². The lowest BCUT2D eigenvalue weighted by Gasteiger charge is -2.23. The smallest absolute Gasteiger partial charge is 0.235 e. The molecular weight excluding hydrogens is 361 g/mol. The second-order valence-electron chi connectivity index (χ2n) is 6.78. The zero-order chi connectivity index (χ0) is 19.0. The summed E-state index contributed by atoms with van der Waals surface area (Å²) in [4.78, 5) is 26.6. The summed E-state index contributed by atoms with van der Waals surface area (Å²) in [5.74, 6) is -0.573. The van der Waals surface area contributed by atoms with Gasteiger partial charge in [-0.2, -0.15) is 0 Å². The minimum Gasteiger partial charge on any atom is -0.355 e. The van der Waals surface area contributed by atoms with Crippen molar-refractivity contribution in [3.05, 3.63) is 33.8 Å². The van der Waals surface area contributed by atoms with Crippen molar-refractivity contribution in [3.8, 4) is 0 Å². The predicted octanol–water partition coefficient (Wildman–Crippen LogP) is 2.75. The summed E-state index contributed by atoms with van der Waals surface area (Å²) < 4.78 is 0. The molecule has 0 spiro atoms. The van der Waals surface area contributed by atoms with Crippen LogP contribution in [-0.2, 0) is 16.0 Å². The molecule has 0 unspecified atom stereocenters. The molecule has 2 amide bonds. The molecule has 2 N–H and O–H groups in total. The minimum atomic E-state index is -1.12. The van der Waals surface area contributed by atoms with Crippen molar-refractivity contribution in [3.63, 3.8) is 0 Å². The third-order valence-corrected chi connectivity index (χ3v) is 4.48. The molecule has 0 heterocycles. The van der Waals surface area contributed by atoms with E-state index in [1.54, 1.807) is 26.0 Å². The van der Waals surface area contributed by atoms with Crippen LogP contribution < -0.4 is 10.6 Å². The fourth-order valence-corrected chi connectivity index (χ4v) is 2.68. The molecule has 5 nitrogen and oxygen atoms in total. The minimum absolute atomic E-state index is 0.270. The molecule has 0 aliphatic heterocycles. The second-order valence-corrected chi connectivity index (χ2v) is 7.62. The number of nitrogens with zero attached hydrogens (tertiary/aromatic N) is 1. The van der Waals surface area contributed by atoms with Gasteiger partial charge in [-0.3, -0.25) is 9.59 Å². The molecule has 0 fully saturated rings. The van der Waals surface area contributed by atoms with Gasteiger partial charge in [0.1, 0.15) is 5.41 Å². The third kappa shape index (κ3) is 7.22. The Morgan fingerprint density at radius 1 is 1.08 bits per heavy atom. The zero-order valence-corrected chi connectivity index (χ0v) is 16.8. The summed E-state index contributed by atoms with van der Waals surface area (Å²) in [5, 5.41) is 6.77. The number of amides is 2. The molecule has 1 rings (SSSR count). The lowest BCUT2D eigenvalue weighted by molar-refractivity contribution is -0.141. The molecule has 1 aromatic carbocycles. The Morgan fingerprint density at radius 2 is 1.68 bits per heavy atom. The number of hydrogen-bond donors (Lipinski definition) is 2. The second kappa shape index (κ2) is 10.00. The zero-order valence-electron chi connectivity index (χ0n) is 15.3. The summed E-state index contributed by atoms with van der Waals surface area (Å²) in [6.07, 6.45) is 1.41. The van der Waals surface area contributed by atoms with E-state index >= 15 is 0 Å². The first-order valence-corrected chi connectivity index (χ1v) is 9.05. The van der Waals surface area contributed by atoms with Crippen LogP contribution in [0.1, 0.15) is 25.8 Å². The summed E-state index contributed by atoms with van der Waals surface area (Å²) in [5.41, 5.74) is -0.223. The van der Waals surface area contributed by atoms with Crippen LogP contribution in [0.15, 0.2) is 18.2 Å². The first-order chi connectivity index (χ1) is 11.6. The van der Waals surface area contributed by atoms with Crippen LogP contribution in [0.5, 0.6) is 0 Å². The van der Waals surface area contributed by atoms with Crippen molar-refractivity contribution < 1.29 is 9.59 Å². The maximum Gasteiger partial charge on any atom is 0.235 e. The van der Waals surface area contributed by atoms with Crippen molar-refractivity contribution in [1.29, 1.82) is 0 Å². The number of hydrogen-bond acceptors (Lipinski definition) is 3. The quantitative estimate of drug-likeness (QED) is 0.505. The van der Waals surface area contributed by atoms with Crippen molar-refractivity contribution in [2.45, 2.75) is 26.7 Å². The van der Waals surface area contributed by atoms with E-state index < -0.39 is 5.41 Å². The monoisotopic (exact) mass is 387 g/mol. The van der Waals surface area contributed by atoms with Gasteiger partial charge in [-0.05, 0) is 65.0 Å². The fraction of sp³-hybridized carbons (Fsp3) is 0.556. The van der Waals surface area contributed by atoms with E-state index in [-0.39, 0.29) is 11.8 Å². The lowest BCUT2D eigenvalue weighted by atomic mass is 9.91. The van der Waals surface area contributed by atoms with Gasteiger partial charge in [0.2, 0.25) is 11.8 Å². The van der Waals surface area contributed by atoms with Gasteiger partial charge in [0.25, 0.3) is 0 Å². The van der Waals surface area contributed by atoms with Gasteiger partial charge in [-0.1, -0.05) is 29.3 Å². The summed E-state index contributed by atoms with van der Waals surface area (Å²) in [6.45, 7) is 5.08. The molecule has 0 bridgehead atoms. The fourth-order valence-electron chi connectivity index (χ4n) is 2.18. The number of benzene rings is 1. The van der Waals surface area contributed by atoms with Gasteiger partial charge in [-0.15, -0.1) is 0 Å². The summed E-state index contributed by atoms with van der Waals surface area (Å²) in [6, 6.07) is 5.26. The maximum atomic E-state index is 12.3. The Kier molecular flexibility index (Phi) is 8.69. The molecule has 0 atom stereocenters. The molecule has 25 heavy (non-hydrogen) atoms. The molecular formula is C18H27Cl2N3O2. The molecule has 0 aromatic heterocycles. The number of carbonyl (C=O) groups is 2. The molecule has 0 aliphatic carbocycles. The Balaban J connectivity index is 2.44. The summed E-state index contributed by atoms with van der Waals surface area (Å²) in [7, 11) is 3.96. The van der Waals surface area contributed by atoms with Gasteiger partial charge in [-0.25, -0.2) is 0 Å². The van der Waals surface area contributed by atoms with Crippen LogP contribution in [0.2, 0.25) is 10.0 Å². The molecule has 1 aromatic rings. The van der Waals surface area contributed by atoms with Gasteiger partial charge >= 0.3 is 0 Å². The molecule has 0 saturated heterocycles. The Morgan fingerprint density at radius 3 is 2.24 bits per heavy atom. The van der Waals surface area contributed by atoms with Crippen LogP contribution in [-0.4, -0.2) is 50.4 Å². The van der Waals surface area contributed by atoms with Crippen molar-refractivity contribution >= 4 is 35.0 Å². The maximum absolute atomic E-state index is 12.3. The standard InChI is InChI=1S/C18H27Cl2N3O2/c1-18(2,16(24)21-9-5-11-23(3)4)17(25)22-10-8-13-6-7-14(19)12-15(13)20/h6-7,12H,5,8-11H2,1-4H3,(H,21,24)(H,22,25). The summed E-state index contributed by atoms with van der Waals surface area (Å²) >= 11 is 12.0. The van der Waals surface area contributed by atoms with Crippen molar-refractivity contribution in [1.82, 2.24) is 15.5 Å². The highest BCUT2D eigenvalue weighted by Crippen LogP contribution is 2.21. The number of carbonyl (C=O) groups excluding carboxylic acids is 2. The van der Waals surface area contributed by atoms with E-state index in [0.717, 1.165) is 18.5 Å². The molecule has 0 aliphatic rings. The van der Waals surface area contributed by atoms with Gasteiger partial charge in [0.05, 0.1) is 0 Å². The highest BCUT2D eigenvalue weighted by molar-refractivity contribution is 6.35. The average molecular weight is 388 g/mol. The van der Waals surface area contributed by atoms with Crippen molar-refractivity contribution in [2.75, 3.05) is 33.7 Å². The molecule has 140 valence electrons. The Bertz CT molecular complexity index is 604. The highest BCUT2D eigenvalue weighted by Gasteiger charge is 2.35. The van der Waals surface area contributed by atoms with E-state index in [1.165, 1.54) is 0 Å². The van der Waals surface area contributed by atoms with Crippen LogP contribution in [0, 0.1) is 5.41 Å². The predicted molar refractivity (Wildman–Crippen MR) is 103 cm³/mol. The molecule has 0 radical (unpaired) electrons. The van der Waals surface area contributed by atoms with Gasteiger partial charge in [0, 0.05) is 23.1 Å². The lowest BCUT2D eigenvalue weighted by Crippen LogP contribution is -2.48. The number of nitrogens with one attached hydrogen (secondary N) is 2. The number of rotatable bonds is 9. The first kappa shape index (κ1) is 21.7. The molecule has 0 saturated carbocycles. The highest BCUT2D eigenvalue weighted by atomic mass is 35.5. The first-order valence-electron chi connectivity index (χ1n) is 8.30. The Hall–Kier alpha value is -1.30. The van der Waals surface area contributed by atoms with E-state index in [9.17, 15) is 9.59 Å². The van der Waals surface area contributed by atoms with Gasteiger partial charge in [0.15, 0.2) is 0 Å². The Labute approximate surface area is 160 Å². The van der Waals surface area contributed by atoms with Gasteiger partial charge < -0.3 is 15.5 Å². The average Bonchev–Trinajstić information content (AvgIpc) is 2.52. The van der Waals surface area contributed by atoms with E-state index in [2.05, 4.69) is 10.6 Å². The van der Waals surface area contributed by atoms with E-state index in [0.29, 0.717) is 29.6 Å². The van der Waals surface area contributed by atoms with Crippen LogP contribution >= 0.6 is 23.2 Å². The SMILES string of the molecule is CN(C)CCCNC(=O)C(C)(C)C(=O)NCCc1ccc(Cl)cc1Cl. The van der Waals surface area contributed by atoms with Crippen LogP contribution in [0.25, 0.3) is 0 Å². The third-order valence-electron chi connectivity index (χ3n) is 3.90. The topological polar surface area (TPSA) is 61.4 Å². The van der Waals surface area contributed by atoms with E-state index in [4.69, 9.17) is 23.2 Å². The normalized spacial score (nSPS) is 11.5. The largest absolute Gasteiger partial charge is 0.355 e. The molecule has 7 heteroatoms. The van der Waals surface area contributed by atoms with Crippen LogP contribution in [0.3, 0.4) is 0 Å².